The highest BCUT2D eigenvalue weighted by atomic mass is 32.2. The SMILES string of the molecule is CNS(=O)(=O)NC(=O)c1nc(CN(CCCc2cccc(F)c2)C(=O)[C@H](O)c2ccc(OC)cc2)sc1C. The van der Waals surface area contributed by atoms with Crippen molar-refractivity contribution < 1.29 is 32.2 Å². The van der Waals surface area contributed by atoms with Crippen molar-refractivity contribution in [3.8, 4) is 5.75 Å². The van der Waals surface area contributed by atoms with Gasteiger partial charge in [0.25, 0.3) is 11.8 Å². The van der Waals surface area contributed by atoms with Gasteiger partial charge >= 0.3 is 10.2 Å². The van der Waals surface area contributed by atoms with Crippen molar-refractivity contribution in [2.45, 2.75) is 32.4 Å². The van der Waals surface area contributed by atoms with Crippen LogP contribution in [0.1, 0.15) is 44.0 Å². The van der Waals surface area contributed by atoms with Crippen molar-refractivity contribution in [2.24, 2.45) is 0 Å². The molecule has 0 aliphatic rings. The molecule has 3 aromatic rings. The van der Waals surface area contributed by atoms with Crippen molar-refractivity contribution in [3.63, 3.8) is 0 Å². The van der Waals surface area contributed by atoms with Gasteiger partial charge in [0.15, 0.2) is 6.10 Å². The Labute approximate surface area is 224 Å². The molecule has 0 saturated heterocycles. The van der Waals surface area contributed by atoms with Crippen molar-refractivity contribution in [1.29, 1.82) is 0 Å². The van der Waals surface area contributed by atoms with Crippen LogP contribution < -0.4 is 14.2 Å². The summed E-state index contributed by atoms with van der Waals surface area (Å²) >= 11 is 1.14. The molecule has 1 heterocycles. The highest BCUT2D eigenvalue weighted by Gasteiger charge is 2.26. The first-order valence-electron chi connectivity index (χ1n) is 11.6. The molecule has 0 spiro atoms. The van der Waals surface area contributed by atoms with E-state index in [1.807, 2.05) is 9.44 Å². The lowest BCUT2D eigenvalue weighted by Gasteiger charge is -2.25. The fourth-order valence-electron chi connectivity index (χ4n) is 3.65. The number of hydrogen-bond acceptors (Lipinski definition) is 8. The third kappa shape index (κ3) is 7.81. The zero-order valence-electron chi connectivity index (χ0n) is 21.1. The van der Waals surface area contributed by atoms with E-state index in [0.29, 0.717) is 34.0 Å². The number of carbonyl (C=O) groups is 2. The number of halogens is 1. The summed E-state index contributed by atoms with van der Waals surface area (Å²) in [5.41, 5.74) is 1.06. The van der Waals surface area contributed by atoms with Gasteiger partial charge in [0, 0.05) is 18.5 Å². The maximum atomic E-state index is 13.6. The number of aryl methyl sites for hydroxylation is 2. The second-order valence-corrected chi connectivity index (χ2v) is 11.2. The number of benzene rings is 2. The van der Waals surface area contributed by atoms with E-state index >= 15 is 0 Å². The summed E-state index contributed by atoms with van der Waals surface area (Å²) in [6, 6.07) is 12.6. The third-order valence-corrected chi connectivity index (χ3v) is 7.58. The molecule has 0 unspecified atom stereocenters. The zero-order chi connectivity index (χ0) is 27.9. The molecular formula is C25H29FN4O6S2. The lowest BCUT2D eigenvalue weighted by Crippen LogP contribution is -2.38. The van der Waals surface area contributed by atoms with Crippen LogP contribution >= 0.6 is 11.3 Å². The summed E-state index contributed by atoms with van der Waals surface area (Å²) in [5, 5.41) is 11.2. The lowest BCUT2D eigenvalue weighted by molar-refractivity contribution is -0.141. The molecule has 3 N–H and O–H groups in total. The van der Waals surface area contributed by atoms with Gasteiger partial charge in [0.1, 0.15) is 22.3 Å². The van der Waals surface area contributed by atoms with E-state index in [4.69, 9.17) is 4.74 Å². The second-order valence-electron chi connectivity index (χ2n) is 8.32. The smallest absolute Gasteiger partial charge is 0.301 e. The van der Waals surface area contributed by atoms with E-state index in [9.17, 15) is 27.5 Å². The topological polar surface area (TPSA) is 138 Å². The monoisotopic (exact) mass is 564 g/mol. The fourth-order valence-corrected chi connectivity index (χ4v) is 5.04. The van der Waals surface area contributed by atoms with Gasteiger partial charge in [-0.2, -0.15) is 8.42 Å². The number of thiazole rings is 1. The molecule has 2 aromatic carbocycles. The summed E-state index contributed by atoms with van der Waals surface area (Å²) in [7, 11) is -1.34. The Morgan fingerprint density at radius 2 is 1.92 bits per heavy atom. The molecule has 13 heteroatoms. The molecule has 10 nitrogen and oxygen atoms in total. The lowest BCUT2D eigenvalue weighted by atomic mass is 10.1. The predicted octanol–water partition coefficient (Wildman–Crippen LogP) is 2.49. The summed E-state index contributed by atoms with van der Waals surface area (Å²) < 4.78 is 45.9. The number of aliphatic hydroxyl groups excluding tert-OH is 1. The Hall–Kier alpha value is -3.39. The number of hydrogen-bond donors (Lipinski definition) is 3. The molecule has 0 fully saturated rings. The van der Waals surface area contributed by atoms with Gasteiger partial charge in [-0.1, -0.05) is 24.3 Å². The summed E-state index contributed by atoms with van der Waals surface area (Å²) in [5.74, 6) is -1.26. The fraction of sp³-hybridized carbons (Fsp3) is 0.320. The number of ether oxygens (including phenoxy) is 1. The van der Waals surface area contributed by atoms with Crippen molar-refractivity contribution >= 4 is 33.4 Å². The second kappa shape index (κ2) is 12.9. The molecule has 0 bridgehead atoms. The van der Waals surface area contributed by atoms with Gasteiger partial charge < -0.3 is 14.7 Å². The molecule has 0 radical (unpaired) electrons. The minimum Gasteiger partial charge on any atom is -0.497 e. The molecule has 1 aromatic heterocycles. The Bertz CT molecular complexity index is 1380. The first-order chi connectivity index (χ1) is 18.0. The molecule has 3 rings (SSSR count). The predicted molar refractivity (Wildman–Crippen MR) is 140 cm³/mol. The third-order valence-electron chi connectivity index (χ3n) is 5.64. The van der Waals surface area contributed by atoms with Gasteiger partial charge in [-0.25, -0.2) is 18.8 Å². The molecular weight excluding hydrogens is 535 g/mol. The maximum Gasteiger partial charge on any atom is 0.301 e. The molecule has 1 atom stereocenters. The van der Waals surface area contributed by atoms with E-state index in [-0.39, 0.29) is 24.6 Å². The molecule has 204 valence electrons. The highest BCUT2D eigenvalue weighted by Crippen LogP contribution is 2.24. The van der Waals surface area contributed by atoms with E-state index in [0.717, 1.165) is 23.9 Å². The number of amides is 2. The minimum atomic E-state index is -4.02. The van der Waals surface area contributed by atoms with E-state index in [1.165, 1.54) is 24.1 Å². The van der Waals surface area contributed by atoms with Crippen LogP contribution in [0.25, 0.3) is 0 Å². The van der Waals surface area contributed by atoms with Gasteiger partial charge in [-0.05, 0) is 55.2 Å². The van der Waals surface area contributed by atoms with E-state index in [2.05, 4.69) is 4.98 Å². The molecule has 38 heavy (non-hydrogen) atoms. The Balaban J connectivity index is 1.80. The van der Waals surface area contributed by atoms with Crippen LogP contribution in [0.15, 0.2) is 48.5 Å². The van der Waals surface area contributed by atoms with Gasteiger partial charge in [-0.15, -0.1) is 11.3 Å². The first-order valence-corrected chi connectivity index (χ1v) is 13.9. The average molecular weight is 565 g/mol. The molecule has 0 aliphatic carbocycles. The van der Waals surface area contributed by atoms with Crippen LogP contribution in [-0.2, 0) is 28.0 Å². The number of rotatable bonds is 12. The standard InChI is InChI=1S/C25H29FN4O6S2/c1-16-22(24(32)29-38(34,35)27-2)28-21(37-16)15-30(13-5-7-17-6-4-8-19(26)14-17)25(33)23(31)18-9-11-20(36-3)12-10-18/h4,6,8-12,14,23,27,31H,5,7,13,15H2,1-3H3,(H,29,32)/t23-/m1/s1. The number of nitrogens with zero attached hydrogens (tertiary/aromatic N) is 2. The molecule has 2 amide bonds. The van der Waals surface area contributed by atoms with Crippen molar-refractivity contribution in [3.05, 3.63) is 81.1 Å². The van der Waals surface area contributed by atoms with E-state index in [1.54, 1.807) is 43.3 Å². The number of nitrogens with one attached hydrogen (secondary N) is 2. The molecule has 0 aliphatic heterocycles. The first kappa shape index (κ1) is 29.2. The van der Waals surface area contributed by atoms with Crippen molar-refractivity contribution in [1.82, 2.24) is 19.3 Å². The summed E-state index contributed by atoms with van der Waals surface area (Å²) in [6.45, 7) is 1.81. The average Bonchev–Trinajstić information content (AvgIpc) is 3.27. The summed E-state index contributed by atoms with van der Waals surface area (Å²) in [4.78, 5) is 31.9. The Morgan fingerprint density at radius 1 is 1.21 bits per heavy atom. The van der Waals surface area contributed by atoms with Crippen molar-refractivity contribution in [2.75, 3.05) is 20.7 Å². The highest BCUT2D eigenvalue weighted by molar-refractivity contribution is 7.88. The van der Waals surface area contributed by atoms with Gasteiger partial charge in [0.2, 0.25) is 0 Å². The summed E-state index contributed by atoms with van der Waals surface area (Å²) in [6.07, 6.45) is -0.491. The maximum absolute atomic E-state index is 13.6. The Kier molecular flexibility index (Phi) is 9.91. The van der Waals surface area contributed by atoms with Crippen LogP contribution in [0.2, 0.25) is 0 Å². The normalized spacial score (nSPS) is 12.1. The van der Waals surface area contributed by atoms with Crippen LogP contribution in [-0.4, -0.2) is 55.9 Å². The molecule has 0 saturated carbocycles. The van der Waals surface area contributed by atoms with Crippen LogP contribution in [0.3, 0.4) is 0 Å². The van der Waals surface area contributed by atoms with Gasteiger partial charge in [-0.3, -0.25) is 9.59 Å². The van der Waals surface area contributed by atoms with E-state index < -0.39 is 28.1 Å². The zero-order valence-corrected chi connectivity index (χ0v) is 22.7. The Morgan fingerprint density at radius 3 is 2.55 bits per heavy atom. The van der Waals surface area contributed by atoms with Gasteiger partial charge in [0.05, 0.1) is 13.7 Å². The number of methoxy groups -OCH3 is 1. The number of carbonyl (C=O) groups excluding carboxylic acids is 2. The van der Waals surface area contributed by atoms with Crippen LogP contribution in [0.5, 0.6) is 5.75 Å². The quantitative estimate of drug-likeness (QED) is 0.307. The largest absolute Gasteiger partial charge is 0.497 e. The number of aromatic nitrogens is 1. The number of aliphatic hydroxyl groups is 1. The van der Waals surface area contributed by atoms with Crippen LogP contribution in [0, 0.1) is 12.7 Å². The van der Waals surface area contributed by atoms with Crippen LogP contribution in [0.4, 0.5) is 4.39 Å². The minimum absolute atomic E-state index is 0.0211.